The number of carbonyl (C=O) groups excluding carboxylic acids is 1. The van der Waals surface area contributed by atoms with Crippen LogP contribution in [0.25, 0.3) is 0 Å². The van der Waals surface area contributed by atoms with Gasteiger partial charge in [0.05, 0.1) is 4.90 Å². The molecule has 3 aromatic rings. The van der Waals surface area contributed by atoms with E-state index in [9.17, 15) is 13.2 Å². The van der Waals surface area contributed by atoms with Gasteiger partial charge >= 0.3 is 0 Å². The van der Waals surface area contributed by atoms with Crippen LogP contribution in [0.3, 0.4) is 0 Å². The second-order valence-corrected chi connectivity index (χ2v) is 8.99. The third-order valence-electron chi connectivity index (χ3n) is 4.65. The zero-order valence-corrected chi connectivity index (χ0v) is 18.8. The number of aromatic nitrogens is 1. The molecule has 8 heteroatoms. The van der Waals surface area contributed by atoms with E-state index >= 15 is 0 Å². The van der Waals surface area contributed by atoms with Crippen molar-refractivity contribution in [2.24, 2.45) is 0 Å². The number of pyridine rings is 1. The number of nitrogens with one attached hydrogen (secondary N) is 2. The summed E-state index contributed by atoms with van der Waals surface area (Å²) in [7, 11) is -3.63. The molecule has 0 atom stereocenters. The molecule has 1 aromatic heterocycles. The van der Waals surface area contributed by atoms with E-state index in [-0.39, 0.29) is 23.9 Å². The number of nitrogens with zero attached hydrogens (tertiary/aromatic N) is 1. The molecule has 7 nitrogen and oxygen atoms in total. The maximum absolute atomic E-state index is 12.4. The summed E-state index contributed by atoms with van der Waals surface area (Å²) in [6.07, 6.45) is 3.10. The summed E-state index contributed by atoms with van der Waals surface area (Å²) in [4.78, 5) is 16.8. The second-order valence-electron chi connectivity index (χ2n) is 7.22. The summed E-state index contributed by atoms with van der Waals surface area (Å²) in [5, 5.41) is 2.80. The molecule has 32 heavy (non-hydrogen) atoms. The quantitative estimate of drug-likeness (QED) is 0.481. The highest BCUT2D eigenvalue weighted by Gasteiger charge is 2.14. The zero-order chi connectivity index (χ0) is 23.1. The summed E-state index contributed by atoms with van der Waals surface area (Å²) in [5.41, 5.74) is 3.28. The molecular weight excluding hydrogens is 426 g/mol. The Labute approximate surface area is 188 Å². The van der Waals surface area contributed by atoms with E-state index in [0.29, 0.717) is 11.4 Å². The number of hydrogen-bond acceptors (Lipinski definition) is 5. The van der Waals surface area contributed by atoms with Crippen LogP contribution in [0.2, 0.25) is 0 Å². The van der Waals surface area contributed by atoms with Crippen LogP contribution in [-0.2, 0) is 16.6 Å². The molecule has 0 aliphatic carbocycles. The predicted octanol–water partition coefficient (Wildman–Crippen LogP) is 3.89. The third kappa shape index (κ3) is 6.03. The maximum Gasteiger partial charge on any atom is 0.251 e. The summed E-state index contributed by atoms with van der Waals surface area (Å²) in [6, 6.07) is 15.3. The van der Waals surface area contributed by atoms with Crippen LogP contribution in [0, 0.1) is 13.8 Å². The van der Waals surface area contributed by atoms with Gasteiger partial charge in [-0.15, -0.1) is 6.58 Å². The predicted molar refractivity (Wildman–Crippen MR) is 123 cm³/mol. The molecule has 0 unspecified atom stereocenters. The number of sulfonamides is 1. The molecule has 2 N–H and O–H groups in total. The van der Waals surface area contributed by atoms with Gasteiger partial charge in [-0.05, 0) is 60.9 Å². The highest BCUT2D eigenvalue weighted by molar-refractivity contribution is 7.89. The number of rotatable bonds is 9. The number of hydrogen-bond donors (Lipinski definition) is 2. The summed E-state index contributed by atoms with van der Waals surface area (Å²) in [6.45, 7) is 7.85. The number of ether oxygens (including phenoxy) is 1. The first kappa shape index (κ1) is 23.2. The van der Waals surface area contributed by atoms with Crippen LogP contribution in [-0.4, -0.2) is 25.9 Å². The van der Waals surface area contributed by atoms with Crippen molar-refractivity contribution >= 4 is 15.9 Å². The van der Waals surface area contributed by atoms with E-state index in [2.05, 4.69) is 21.6 Å². The van der Waals surface area contributed by atoms with E-state index in [1.54, 1.807) is 12.3 Å². The average molecular weight is 452 g/mol. The van der Waals surface area contributed by atoms with Crippen molar-refractivity contribution in [1.29, 1.82) is 0 Å². The van der Waals surface area contributed by atoms with Gasteiger partial charge in [-0.3, -0.25) is 4.79 Å². The lowest BCUT2D eigenvalue weighted by molar-refractivity contribution is 0.0951. The Kier molecular flexibility index (Phi) is 7.40. The number of carbonyl (C=O) groups is 1. The fourth-order valence-electron chi connectivity index (χ4n) is 2.83. The molecule has 0 aliphatic rings. The van der Waals surface area contributed by atoms with E-state index in [1.807, 2.05) is 38.1 Å². The van der Waals surface area contributed by atoms with E-state index in [0.717, 1.165) is 22.4 Å². The van der Waals surface area contributed by atoms with Crippen molar-refractivity contribution in [2.75, 3.05) is 6.54 Å². The Morgan fingerprint density at radius 2 is 1.84 bits per heavy atom. The SMILES string of the molecule is C=CCNS(=O)(=O)c1ccc(C(=O)NCc2ccc(Oc3cc(C)ccc3C)nc2)cc1. The molecule has 1 amide bonds. The molecule has 0 spiro atoms. The minimum atomic E-state index is -3.63. The first-order valence-electron chi connectivity index (χ1n) is 9.97. The first-order valence-corrected chi connectivity index (χ1v) is 11.5. The largest absolute Gasteiger partial charge is 0.439 e. The van der Waals surface area contributed by atoms with Gasteiger partial charge in [0.15, 0.2) is 0 Å². The Bertz CT molecular complexity index is 1200. The number of benzene rings is 2. The van der Waals surface area contributed by atoms with E-state index in [1.165, 1.54) is 30.3 Å². The van der Waals surface area contributed by atoms with Crippen molar-refractivity contribution in [3.63, 3.8) is 0 Å². The van der Waals surface area contributed by atoms with Crippen molar-refractivity contribution in [2.45, 2.75) is 25.3 Å². The van der Waals surface area contributed by atoms with Crippen LogP contribution in [0.15, 0.2) is 78.3 Å². The Morgan fingerprint density at radius 1 is 1.09 bits per heavy atom. The highest BCUT2D eigenvalue weighted by atomic mass is 32.2. The van der Waals surface area contributed by atoms with Crippen molar-refractivity contribution in [3.8, 4) is 11.6 Å². The van der Waals surface area contributed by atoms with Crippen molar-refractivity contribution in [1.82, 2.24) is 15.0 Å². The Morgan fingerprint density at radius 3 is 2.50 bits per heavy atom. The molecule has 0 saturated heterocycles. The number of aryl methyl sites for hydroxylation is 2. The Balaban J connectivity index is 1.58. The first-order chi connectivity index (χ1) is 15.3. The molecule has 0 fully saturated rings. The molecule has 0 radical (unpaired) electrons. The van der Waals surface area contributed by atoms with Crippen LogP contribution in [0.5, 0.6) is 11.6 Å². The monoisotopic (exact) mass is 451 g/mol. The third-order valence-corrected chi connectivity index (χ3v) is 6.09. The lowest BCUT2D eigenvalue weighted by Crippen LogP contribution is -2.24. The fourth-order valence-corrected chi connectivity index (χ4v) is 3.83. The van der Waals surface area contributed by atoms with Gasteiger partial charge in [-0.25, -0.2) is 18.1 Å². The standard InChI is InChI=1S/C24H25N3O4S/c1-4-13-27-32(29,30)21-10-8-20(9-11-21)24(28)26-16-19-7-12-23(25-15-19)31-22-14-17(2)5-6-18(22)3/h4-12,14-15,27H,1,13,16H2,2-3H3,(H,26,28). The lowest BCUT2D eigenvalue weighted by Gasteiger charge is -2.10. The van der Waals surface area contributed by atoms with E-state index in [4.69, 9.17) is 4.74 Å². The van der Waals surface area contributed by atoms with Crippen LogP contribution in [0.1, 0.15) is 27.0 Å². The van der Waals surface area contributed by atoms with Crippen LogP contribution < -0.4 is 14.8 Å². The summed E-state index contributed by atoms with van der Waals surface area (Å²) < 4.78 is 32.4. The smallest absolute Gasteiger partial charge is 0.251 e. The summed E-state index contributed by atoms with van der Waals surface area (Å²) in [5.74, 6) is 0.906. The minimum absolute atomic E-state index is 0.0829. The van der Waals surface area contributed by atoms with Gasteiger partial charge in [0.2, 0.25) is 15.9 Å². The van der Waals surface area contributed by atoms with Gasteiger partial charge in [0, 0.05) is 30.9 Å². The van der Waals surface area contributed by atoms with Crippen LogP contribution in [0.4, 0.5) is 0 Å². The van der Waals surface area contributed by atoms with Crippen LogP contribution >= 0.6 is 0 Å². The second kappa shape index (κ2) is 10.2. The van der Waals surface area contributed by atoms with Gasteiger partial charge < -0.3 is 10.1 Å². The van der Waals surface area contributed by atoms with Gasteiger partial charge in [-0.2, -0.15) is 0 Å². The van der Waals surface area contributed by atoms with Gasteiger partial charge in [0.25, 0.3) is 5.91 Å². The Hall–Kier alpha value is -3.49. The number of amides is 1. The fraction of sp³-hybridized carbons (Fsp3) is 0.167. The normalized spacial score (nSPS) is 11.1. The molecule has 1 heterocycles. The minimum Gasteiger partial charge on any atom is -0.439 e. The molecule has 3 rings (SSSR count). The molecule has 166 valence electrons. The van der Waals surface area contributed by atoms with E-state index < -0.39 is 10.0 Å². The topological polar surface area (TPSA) is 97.4 Å². The van der Waals surface area contributed by atoms with Crippen molar-refractivity contribution in [3.05, 3.63) is 95.7 Å². The molecule has 0 aliphatic heterocycles. The molecule has 0 saturated carbocycles. The lowest BCUT2D eigenvalue weighted by atomic mass is 10.1. The molecular formula is C24H25N3O4S. The van der Waals surface area contributed by atoms with Crippen molar-refractivity contribution < 1.29 is 17.9 Å². The zero-order valence-electron chi connectivity index (χ0n) is 18.0. The summed E-state index contributed by atoms with van der Waals surface area (Å²) >= 11 is 0. The van der Waals surface area contributed by atoms with Gasteiger partial charge in [0.1, 0.15) is 5.75 Å². The van der Waals surface area contributed by atoms with Gasteiger partial charge in [-0.1, -0.05) is 24.3 Å². The maximum atomic E-state index is 12.4. The highest BCUT2D eigenvalue weighted by Crippen LogP contribution is 2.24. The average Bonchev–Trinajstić information content (AvgIpc) is 2.79. The molecule has 0 bridgehead atoms. The molecule has 2 aromatic carbocycles.